The zero-order valence-corrected chi connectivity index (χ0v) is 12.8. The fourth-order valence-corrected chi connectivity index (χ4v) is 2.39. The summed E-state index contributed by atoms with van der Waals surface area (Å²) in [6.07, 6.45) is 0. The summed E-state index contributed by atoms with van der Waals surface area (Å²) in [7, 11) is 0. The fraction of sp³-hybridized carbons (Fsp3) is 0.278. The molecule has 0 saturated heterocycles. The van der Waals surface area contributed by atoms with Gasteiger partial charge in [0.05, 0.1) is 5.92 Å². The van der Waals surface area contributed by atoms with Crippen molar-refractivity contribution in [1.82, 2.24) is 0 Å². The van der Waals surface area contributed by atoms with Gasteiger partial charge >= 0.3 is 5.97 Å². The average molecular weight is 301 g/mol. The van der Waals surface area contributed by atoms with E-state index in [0.29, 0.717) is 13.1 Å². The van der Waals surface area contributed by atoms with Crippen molar-refractivity contribution >= 4 is 11.7 Å². The second-order valence-electron chi connectivity index (χ2n) is 5.53. The Labute approximate surface area is 130 Å². The van der Waals surface area contributed by atoms with Gasteiger partial charge in [0.15, 0.2) is 0 Å². The van der Waals surface area contributed by atoms with E-state index >= 15 is 0 Å². The molecule has 0 spiro atoms. The largest absolute Gasteiger partial charge is 0.481 e. The smallest absolute Gasteiger partial charge is 0.308 e. The monoisotopic (exact) mass is 301 g/mol. The molecule has 0 saturated carbocycles. The molecule has 3 nitrogen and oxygen atoms in total. The number of benzene rings is 2. The summed E-state index contributed by atoms with van der Waals surface area (Å²) >= 11 is 0. The Morgan fingerprint density at radius 2 is 1.82 bits per heavy atom. The van der Waals surface area contributed by atoms with Gasteiger partial charge in [-0.1, -0.05) is 37.3 Å². The summed E-state index contributed by atoms with van der Waals surface area (Å²) < 4.78 is 13.0. The van der Waals surface area contributed by atoms with Gasteiger partial charge in [-0.15, -0.1) is 0 Å². The summed E-state index contributed by atoms with van der Waals surface area (Å²) in [6, 6.07) is 14.2. The third-order valence-corrected chi connectivity index (χ3v) is 3.66. The summed E-state index contributed by atoms with van der Waals surface area (Å²) in [4.78, 5) is 13.2. The molecule has 0 amide bonds. The van der Waals surface area contributed by atoms with Crippen LogP contribution in [-0.2, 0) is 11.3 Å². The standard InChI is InChI=1S/C18H20FNO2/c1-13-5-3-4-6-17(13)20(11-14(2)18(21)22)12-15-7-9-16(19)10-8-15/h3-10,14H,11-12H2,1-2H3,(H,21,22). The molecule has 0 aliphatic carbocycles. The van der Waals surface area contributed by atoms with E-state index in [9.17, 15) is 14.3 Å². The first-order valence-electron chi connectivity index (χ1n) is 7.25. The van der Waals surface area contributed by atoms with Crippen LogP contribution in [0, 0.1) is 18.7 Å². The lowest BCUT2D eigenvalue weighted by Gasteiger charge is -2.28. The SMILES string of the molecule is Cc1ccccc1N(Cc1ccc(F)cc1)CC(C)C(=O)O. The van der Waals surface area contributed by atoms with Crippen LogP contribution in [0.4, 0.5) is 10.1 Å². The van der Waals surface area contributed by atoms with Crippen LogP contribution in [0.25, 0.3) is 0 Å². The van der Waals surface area contributed by atoms with Gasteiger partial charge in [0.1, 0.15) is 5.82 Å². The van der Waals surface area contributed by atoms with Gasteiger partial charge in [-0.2, -0.15) is 0 Å². The minimum absolute atomic E-state index is 0.273. The molecule has 0 aliphatic rings. The van der Waals surface area contributed by atoms with Gasteiger partial charge in [0.2, 0.25) is 0 Å². The summed E-state index contributed by atoms with van der Waals surface area (Å²) in [5, 5.41) is 9.17. The van der Waals surface area contributed by atoms with Gasteiger partial charge in [0.25, 0.3) is 0 Å². The molecule has 22 heavy (non-hydrogen) atoms. The maximum absolute atomic E-state index is 13.0. The number of hydrogen-bond donors (Lipinski definition) is 1. The Balaban J connectivity index is 2.27. The zero-order chi connectivity index (χ0) is 16.1. The van der Waals surface area contributed by atoms with Crippen molar-refractivity contribution in [3.05, 3.63) is 65.5 Å². The van der Waals surface area contributed by atoms with Gasteiger partial charge in [-0.05, 0) is 36.2 Å². The van der Waals surface area contributed by atoms with Crippen LogP contribution in [0.2, 0.25) is 0 Å². The van der Waals surface area contributed by atoms with E-state index in [-0.39, 0.29) is 5.82 Å². The molecule has 2 aromatic rings. The predicted molar refractivity (Wildman–Crippen MR) is 85.4 cm³/mol. The number of hydrogen-bond acceptors (Lipinski definition) is 2. The molecule has 2 rings (SSSR count). The number of carboxylic acid groups (broad SMARTS) is 1. The first-order valence-corrected chi connectivity index (χ1v) is 7.25. The van der Waals surface area contributed by atoms with Gasteiger partial charge in [-0.25, -0.2) is 4.39 Å². The van der Waals surface area contributed by atoms with Crippen molar-refractivity contribution in [2.24, 2.45) is 5.92 Å². The molecule has 0 heterocycles. The lowest BCUT2D eigenvalue weighted by Crippen LogP contribution is -2.32. The van der Waals surface area contributed by atoms with Crippen LogP contribution >= 0.6 is 0 Å². The molecule has 4 heteroatoms. The minimum atomic E-state index is -0.822. The maximum atomic E-state index is 13.0. The molecule has 2 aromatic carbocycles. The Bertz CT molecular complexity index is 640. The topological polar surface area (TPSA) is 40.5 Å². The summed E-state index contributed by atoms with van der Waals surface area (Å²) in [6.45, 7) is 4.64. The Morgan fingerprint density at radius 3 is 2.41 bits per heavy atom. The number of para-hydroxylation sites is 1. The third kappa shape index (κ3) is 4.07. The van der Waals surface area contributed by atoms with Crippen molar-refractivity contribution in [2.45, 2.75) is 20.4 Å². The Kier molecular flexibility index (Phi) is 5.15. The Morgan fingerprint density at radius 1 is 1.18 bits per heavy atom. The molecule has 0 fully saturated rings. The van der Waals surface area contributed by atoms with E-state index in [4.69, 9.17) is 0 Å². The number of carboxylic acids is 1. The van der Waals surface area contributed by atoms with E-state index in [2.05, 4.69) is 0 Å². The van der Waals surface area contributed by atoms with Crippen LogP contribution in [0.5, 0.6) is 0 Å². The van der Waals surface area contributed by atoms with Crippen LogP contribution in [0.1, 0.15) is 18.1 Å². The lowest BCUT2D eigenvalue weighted by atomic mass is 10.1. The summed E-state index contributed by atoms with van der Waals surface area (Å²) in [5.41, 5.74) is 3.03. The van der Waals surface area contributed by atoms with Crippen LogP contribution in [0.15, 0.2) is 48.5 Å². The van der Waals surface area contributed by atoms with E-state index < -0.39 is 11.9 Å². The molecule has 0 aromatic heterocycles. The van der Waals surface area contributed by atoms with Crippen molar-refractivity contribution < 1.29 is 14.3 Å². The molecular weight excluding hydrogens is 281 g/mol. The predicted octanol–water partition coefficient (Wildman–Crippen LogP) is 3.86. The highest BCUT2D eigenvalue weighted by atomic mass is 19.1. The van der Waals surface area contributed by atoms with Gasteiger partial charge in [-0.3, -0.25) is 4.79 Å². The number of rotatable bonds is 6. The molecule has 0 radical (unpaired) electrons. The number of nitrogens with zero attached hydrogens (tertiary/aromatic N) is 1. The highest BCUT2D eigenvalue weighted by molar-refractivity contribution is 5.70. The van der Waals surface area contributed by atoms with Crippen molar-refractivity contribution in [3.63, 3.8) is 0 Å². The van der Waals surface area contributed by atoms with E-state index in [1.807, 2.05) is 36.1 Å². The minimum Gasteiger partial charge on any atom is -0.481 e. The molecule has 0 bridgehead atoms. The van der Waals surface area contributed by atoms with E-state index in [1.54, 1.807) is 19.1 Å². The molecule has 1 atom stereocenters. The van der Waals surface area contributed by atoms with Crippen molar-refractivity contribution in [3.8, 4) is 0 Å². The summed E-state index contributed by atoms with van der Waals surface area (Å²) in [5.74, 6) is -1.58. The van der Waals surface area contributed by atoms with Crippen molar-refractivity contribution in [2.75, 3.05) is 11.4 Å². The van der Waals surface area contributed by atoms with Gasteiger partial charge < -0.3 is 10.0 Å². The second kappa shape index (κ2) is 7.07. The highest BCUT2D eigenvalue weighted by Crippen LogP contribution is 2.23. The molecule has 1 N–H and O–H groups in total. The number of aryl methyl sites for hydroxylation is 1. The molecule has 1 unspecified atom stereocenters. The quantitative estimate of drug-likeness (QED) is 0.880. The molecule has 116 valence electrons. The number of aliphatic carboxylic acids is 1. The van der Waals surface area contributed by atoms with Gasteiger partial charge in [0, 0.05) is 18.8 Å². The first kappa shape index (κ1) is 16.0. The number of halogens is 1. The number of carbonyl (C=O) groups is 1. The maximum Gasteiger partial charge on any atom is 0.308 e. The number of anilines is 1. The molecule has 0 aliphatic heterocycles. The fourth-order valence-electron chi connectivity index (χ4n) is 2.39. The first-order chi connectivity index (χ1) is 10.5. The molecular formula is C18H20FNO2. The van der Waals surface area contributed by atoms with Crippen LogP contribution in [-0.4, -0.2) is 17.6 Å². The van der Waals surface area contributed by atoms with Crippen molar-refractivity contribution in [1.29, 1.82) is 0 Å². The Hall–Kier alpha value is -2.36. The normalized spacial score (nSPS) is 12.0. The lowest BCUT2D eigenvalue weighted by molar-refractivity contribution is -0.140. The second-order valence-corrected chi connectivity index (χ2v) is 5.53. The van der Waals surface area contributed by atoms with E-state index in [0.717, 1.165) is 16.8 Å². The highest BCUT2D eigenvalue weighted by Gasteiger charge is 2.18. The van der Waals surface area contributed by atoms with Crippen LogP contribution in [0.3, 0.4) is 0 Å². The van der Waals surface area contributed by atoms with Crippen LogP contribution < -0.4 is 4.90 Å². The van der Waals surface area contributed by atoms with E-state index in [1.165, 1.54) is 12.1 Å². The third-order valence-electron chi connectivity index (χ3n) is 3.66. The average Bonchev–Trinajstić information content (AvgIpc) is 2.49. The zero-order valence-electron chi connectivity index (χ0n) is 12.8.